The van der Waals surface area contributed by atoms with Crippen molar-refractivity contribution < 1.29 is 19.4 Å². The number of aromatic carboxylic acids is 1. The maximum absolute atomic E-state index is 12.8. The number of thiocarbonyl (C=S) groups is 1. The number of pyridine rings is 1. The molecule has 4 heterocycles. The van der Waals surface area contributed by atoms with Crippen LogP contribution >= 0.6 is 23.6 Å². The number of anilines is 2. The summed E-state index contributed by atoms with van der Waals surface area (Å²) in [6.07, 6.45) is 9.14. The van der Waals surface area contributed by atoms with Gasteiger partial charge in [0.15, 0.2) is 5.11 Å². The number of nitrogens with one attached hydrogen (secondary N) is 1. The Kier molecular flexibility index (Phi) is 8.31. The molecular weight excluding hydrogens is 552 g/mol. The number of thiophene rings is 1. The van der Waals surface area contributed by atoms with Gasteiger partial charge in [0.25, 0.3) is 0 Å². The number of esters is 1. The zero-order valence-electron chi connectivity index (χ0n) is 22.6. The predicted molar refractivity (Wildman–Crippen MR) is 158 cm³/mol. The lowest BCUT2D eigenvalue weighted by Gasteiger charge is -2.36. The van der Waals surface area contributed by atoms with Crippen LogP contribution in [-0.4, -0.2) is 74.9 Å². The summed E-state index contributed by atoms with van der Waals surface area (Å²) in [7, 11) is 1.41. The van der Waals surface area contributed by atoms with E-state index in [4.69, 9.17) is 17.0 Å². The highest BCUT2D eigenvalue weighted by Crippen LogP contribution is 2.37. The molecule has 2 N–H and O–H groups in total. The second-order valence-electron chi connectivity index (χ2n) is 9.89. The van der Waals surface area contributed by atoms with E-state index in [-0.39, 0.29) is 16.9 Å². The van der Waals surface area contributed by atoms with Crippen LogP contribution in [0.1, 0.15) is 63.8 Å². The minimum atomic E-state index is -1.27. The van der Waals surface area contributed by atoms with E-state index in [2.05, 4.69) is 20.2 Å². The molecule has 0 bridgehead atoms. The Morgan fingerprint density at radius 3 is 2.55 bits per heavy atom. The first kappa shape index (κ1) is 28.0. The fraction of sp³-hybridized carbons (Fsp3) is 0.481. The number of carboxylic acids is 1. The molecule has 1 fully saturated rings. The SMILES string of the molecule is CCn1cc(C(=O)O)c(=O)c2cnc(N3CCN(C(=S)Nc4sc5c(c4C(=O)OC)CCCCCC5)CC3)nc21. The van der Waals surface area contributed by atoms with Crippen LogP contribution in [-0.2, 0) is 24.1 Å². The third kappa shape index (κ3) is 5.39. The number of hydrogen-bond donors (Lipinski definition) is 2. The van der Waals surface area contributed by atoms with Crippen molar-refractivity contribution >= 4 is 62.6 Å². The van der Waals surface area contributed by atoms with Crippen molar-refractivity contribution in [3.8, 4) is 0 Å². The average Bonchev–Trinajstić information content (AvgIpc) is 3.27. The van der Waals surface area contributed by atoms with E-state index in [0.29, 0.717) is 55.0 Å². The van der Waals surface area contributed by atoms with Gasteiger partial charge in [0, 0.05) is 50.0 Å². The summed E-state index contributed by atoms with van der Waals surface area (Å²) in [6, 6.07) is 0. The van der Waals surface area contributed by atoms with E-state index in [1.165, 1.54) is 37.2 Å². The first-order valence-electron chi connectivity index (χ1n) is 13.5. The lowest BCUT2D eigenvalue weighted by molar-refractivity contribution is 0.0600. The second-order valence-corrected chi connectivity index (χ2v) is 11.4. The molecule has 2 aliphatic rings. The van der Waals surface area contributed by atoms with Crippen LogP contribution in [0.4, 0.5) is 10.9 Å². The van der Waals surface area contributed by atoms with Gasteiger partial charge in [-0.05, 0) is 50.4 Å². The van der Waals surface area contributed by atoms with Gasteiger partial charge in [-0.1, -0.05) is 12.8 Å². The van der Waals surface area contributed by atoms with Crippen LogP contribution in [0.3, 0.4) is 0 Å². The van der Waals surface area contributed by atoms with E-state index in [1.807, 2.05) is 11.8 Å². The number of carboxylic acid groups (broad SMARTS) is 1. The van der Waals surface area contributed by atoms with Crippen LogP contribution in [0.2, 0.25) is 0 Å². The average molecular weight is 585 g/mol. The van der Waals surface area contributed by atoms with Crippen molar-refractivity contribution in [2.24, 2.45) is 0 Å². The summed E-state index contributed by atoms with van der Waals surface area (Å²) in [5.74, 6) is -1.13. The number of aromatic nitrogens is 3. The number of nitrogens with zero attached hydrogens (tertiary/aromatic N) is 5. The molecule has 0 atom stereocenters. The van der Waals surface area contributed by atoms with E-state index < -0.39 is 11.4 Å². The normalized spacial score (nSPS) is 15.8. The van der Waals surface area contributed by atoms with Crippen molar-refractivity contribution in [3.63, 3.8) is 0 Å². The highest BCUT2D eigenvalue weighted by Gasteiger charge is 2.28. The van der Waals surface area contributed by atoms with Crippen LogP contribution < -0.4 is 15.6 Å². The third-order valence-electron chi connectivity index (χ3n) is 7.50. The minimum Gasteiger partial charge on any atom is -0.477 e. The molecule has 0 radical (unpaired) electrons. The first-order chi connectivity index (χ1) is 19.3. The number of methoxy groups -OCH3 is 1. The van der Waals surface area contributed by atoms with Crippen molar-refractivity contribution in [1.29, 1.82) is 0 Å². The fourth-order valence-corrected chi connectivity index (χ4v) is 6.95. The molecule has 212 valence electrons. The van der Waals surface area contributed by atoms with Gasteiger partial charge in [0.1, 0.15) is 16.2 Å². The number of carbonyl (C=O) groups excluding carboxylic acids is 1. The zero-order valence-corrected chi connectivity index (χ0v) is 24.2. The Hall–Kier alpha value is -3.58. The largest absolute Gasteiger partial charge is 0.477 e. The quantitative estimate of drug-likeness (QED) is 0.337. The highest BCUT2D eigenvalue weighted by atomic mass is 32.1. The van der Waals surface area contributed by atoms with Crippen LogP contribution in [0.15, 0.2) is 17.2 Å². The summed E-state index contributed by atoms with van der Waals surface area (Å²) in [5, 5.41) is 14.2. The molecule has 0 spiro atoms. The number of ether oxygens (including phenoxy) is 1. The molecule has 0 amide bonds. The number of aryl methyl sites for hydroxylation is 2. The number of rotatable bonds is 5. The number of fused-ring (bicyclic) bond motifs is 2. The molecule has 1 saturated heterocycles. The van der Waals surface area contributed by atoms with Crippen molar-refractivity contribution in [2.75, 3.05) is 43.5 Å². The number of carbonyl (C=O) groups is 2. The molecule has 3 aromatic rings. The van der Waals surface area contributed by atoms with Crippen molar-refractivity contribution in [1.82, 2.24) is 19.4 Å². The topological polar surface area (TPSA) is 130 Å². The van der Waals surface area contributed by atoms with Gasteiger partial charge < -0.3 is 29.5 Å². The molecule has 0 saturated carbocycles. The lowest BCUT2D eigenvalue weighted by Crippen LogP contribution is -2.50. The Morgan fingerprint density at radius 2 is 1.88 bits per heavy atom. The smallest absolute Gasteiger partial charge is 0.341 e. The molecule has 11 nitrogen and oxygen atoms in total. The summed E-state index contributed by atoms with van der Waals surface area (Å²) in [5.41, 5.74) is 1.23. The van der Waals surface area contributed by atoms with Crippen LogP contribution in [0.25, 0.3) is 11.0 Å². The van der Waals surface area contributed by atoms with Crippen molar-refractivity contribution in [3.05, 3.63) is 44.2 Å². The Bertz CT molecular complexity index is 1530. The Balaban J connectivity index is 1.31. The monoisotopic (exact) mass is 584 g/mol. The van der Waals surface area contributed by atoms with E-state index in [1.54, 1.807) is 15.9 Å². The summed E-state index contributed by atoms with van der Waals surface area (Å²) in [6.45, 7) is 4.75. The van der Waals surface area contributed by atoms with Gasteiger partial charge in [-0.3, -0.25) is 4.79 Å². The molecule has 1 aliphatic carbocycles. The summed E-state index contributed by atoms with van der Waals surface area (Å²) in [4.78, 5) is 51.2. The Morgan fingerprint density at radius 1 is 1.15 bits per heavy atom. The molecule has 3 aromatic heterocycles. The highest BCUT2D eigenvalue weighted by molar-refractivity contribution is 7.80. The van der Waals surface area contributed by atoms with E-state index in [0.717, 1.165) is 36.2 Å². The number of piperazine rings is 1. The zero-order chi connectivity index (χ0) is 28.4. The molecule has 5 rings (SSSR count). The van der Waals surface area contributed by atoms with Gasteiger partial charge in [-0.2, -0.15) is 4.98 Å². The first-order valence-corrected chi connectivity index (χ1v) is 14.7. The van der Waals surface area contributed by atoms with Crippen LogP contribution in [0.5, 0.6) is 0 Å². The second kappa shape index (κ2) is 11.9. The molecule has 1 aliphatic heterocycles. The molecule has 0 aromatic carbocycles. The summed E-state index contributed by atoms with van der Waals surface area (Å²) < 4.78 is 6.79. The van der Waals surface area contributed by atoms with Gasteiger partial charge in [0.05, 0.1) is 18.1 Å². The predicted octanol–water partition coefficient (Wildman–Crippen LogP) is 3.54. The molecule has 0 unspecified atom stereocenters. The standard InChI is InChI=1S/C27H32N6O5S2/c1-3-31-15-18(24(35)36)21(34)17-14-28-26(29-22(17)31)32-10-12-33(13-11-32)27(39)30-23-20(25(37)38-2)16-8-6-4-5-7-9-19(16)40-23/h14-15H,3-13H2,1-2H3,(H,30,39)(H,35,36). The van der Waals surface area contributed by atoms with Gasteiger partial charge >= 0.3 is 11.9 Å². The fourth-order valence-electron chi connectivity index (χ4n) is 5.32. The maximum atomic E-state index is 12.8. The maximum Gasteiger partial charge on any atom is 0.341 e. The Labute approximate surface area is 240 Å². The third-order valence-corrected chi connectivity index (χ3v) is 9.07. The van der Waals surface area contributed by atoms with E-state index in [9.17, 15) is 19.5 Å². The number of hydrogen-bond acceptors (Lipinski definition) is 9. The molecular formula is C27H32N6O5S2. The van der Waals surface area contributed by atoms with Crippen molar-refractivity contribution in [2.45, 2.75) is 52.0 Å². The molecule has 13 heteroatoms. The van der Waals surface area contributed by atoms with Gasteiger partial charge in [0.2, 0.25) is 11.4 Å². The molecule has 40 heavy (non-hydrogen) atoms. The van der Waals surface area contributed by atoms with Crippen LogP contribution in [0, 0.1) is 0 Å². The minimum absolute atomic E-state index is 0.181. The lowest BCUT2D eigenvalue weighted by atomic mass is 9.96. The van der Waals surface area contributed by atoms with Gasteiger partial charge in [-0.25, -0.2) is 14.6 Å². The summed E-state index contributed by atoms with van der Waals surface area (Å²) >= 11 is 7.37. The van der Waals surface area contributed by atoms with E-state index >= 15 is 0 Å². The van der Waals surface area contributed by atoms with Gasteiger partial charge in [-0.15, -0.1) is 11.3 Å².